The number of anilines is 1. The molecule has 0 unspecified atom stereocenters. The SMILES string of the molecule is Nc1ncccc1C(=O)NCc1ccc(Oc2ccc(Cl)c(Cl)c2)cc1. The summed E-state index contributed by atoms with van der Waals surface area (Å²) in [5.41, 5.74) is 6.97. The second kappa shape index (κ2) is 8.08. The van der Waals surface area contributed by atoms with Crippen molar-refractivity contribution in [1.82, 2.24) is 10.3 Å². The highest BCUT2D eigenvalue weighted by Crippen LogP contribution is 2.29. The Kier molecular flexibility index (Phi) is 5.61. The highest BCUT2D eigenvalue weighted by Gasteiger charge is 2.09. The van der Waals surface area contributed by atoms with E-state index < -0.39 is 0 Å². The minimum atomic E-state index is -0.272. The molecule has 0 spiro atoms. The van der Waals surface area contributed by atoms with Crippen LogP contribution in [-0.2, 0) is 6.54 Å². The molecule has 3 rings (SSSR count). The quantitative estimate of drug-likeness (QED) is 0.665. The molecule has 5 nitrogen and oxygen atoms in total. The van der Waals surface area contributed by atoms with E-state index in [1.165, 1.54) is 0 Å². The van der Waals surface area contributed by atoms with Crippen LogP contribution in [0.3, 0.4) is 0 Å². The Morgan fingerprint density at radius 1 is 1.04 bits per heavy atom. The van der Waals surface area contributed by atoms with Crippen LogP contribution in [0.2, 0.25) is 10.0 Å². The van der Waals surface area contributed by atoms with Crippen molar-refractivity contribution in [3.8, 4) is 11.5 Å². The summed E-state index contributed by atoms with van der Waals surface area (Å²) in [4.78, 5) is 16.0. The molecule has 0 aliphatic heterocycles. The highest BCUT2D eigenvalue weighted by molar-refractivity contribution is 6.42. The summed E-state index contributed by atoms with van der Waals surface area (Å²) in [6, 6.07) is 15.7. The third-order valence-corrected chi connectivity index (χ3v) is 4.33. The van der Waals surface area contributed by atoms with Crippen molar-refractivity contribution in [3.63, 3.8) is 0 Å². The van der Waals surface area contributed by atoms with Crippen molar-refractivity contribution in [1.29, 1.82) is 0 Å². The number of pyridine rings is 1. The zero-order chi connectivity index (χ0) is 18.5. The molecule has 26 heavy (non-hydrogen) atoms. The van der Waals surface area contributed by atoms with E-state index in [1.807, 2.05) is 24.3 Å². The van der Waals surface area contributed by atoms with Crippen molar-refractivity contribution in [3.05, 3.63) is 82.0 Å². The average molecular weight is 388 g/mol. The molecule has 2 aromatic carbocycles. The third-order valence-electron chi connectivity index (χ3n) is 3.59. The minimum absolute atomic E-state index is 0.204. The maximum Gasteiger partial charge on any atom is 0.255 e. The molecule has 0 aliphatic carbocycles. The van der Waals surface area contributed by atoms with Crippen molar-refractivity contribution in [2.24, 2.45) is 0 Å². The first-order valence-electron chi connectivity index (χ1n) is 7.73. The van der Waals surface area contributed by atoms with E-state index in [4.69, 9.17) is 33.7 Å². The van der Waals surface area contributed by atoms with E-state index in [0.29, 0.717) is 33.7 Å². The summed E-state index contributed by atoms with van der Waals surface area (Å²) in [5.74, 6) is 1.17. The molecule has 3 aromatic rings. The molecule has 0 fully saturated rings. The molecule has 0 saturated carbocycles. The molecule has 3 N–H and O–H groups in total. The number of halogens is 2. The summed E-state index contributed by atoms with van der Waals surface area (Å²) in [7, 11) is 0. The molecule has 7 heteroatoms. The number of hydrogen-bond donors (Lipinski definition) is 2. The number of nitrogens with two attached hydrogens (primary N) is 1. The van der Waals surface area contributed by atoms with Crippen LogP contribution in [0.25, 0.3) is 0 Å². The number of rotatable bonds is 5. The van der Waals surface area contributed by atoms with Gasteiger partial charge in [0.1, 0.15) is 17.3 Å². The number of ether oxygens (including phenoxy) is 1. The minimum Gasteiger partial charge on any atom is -0.457 e. The molecule has 0 bridgehead atoms. The second-order valence-corrected chi connectivity index (χ2v) is 6.26. The van der Waals surface area contributed by atoms with Gasteiger partial charge >= 0.3 is 0 Å². The average Bonchev–Trinajstić information content (AvgIpc) is 2.64. The van der Waals surface area contributed by atoms with Crippen molar-refractivity contribution in [2.75, 3.05) is 5.73 Å². The lowest BCUT2D eigenvalue weighted by atomic mass is 10.2. The van der Waals surface area contributed by atoms with Crippen LogP contribution in [0.15, 0.2) is 60.8 Å². The monoisotopic (exact) mass is 387 g/mol. The molecule has 1 aromatic heterocycles. The maximum absolute atomic E-state index is 12.1. The number of aromatic nitrogens is 1. The molecule has 0 radical (unpaired) electrons. The van der Waals surface area contributed by atoms with E-state index in [0.717, 1.165) is 5.56 Å². The summed E-state index contributed by atoms with van der Waals surface area (Å²) in [6.07, 6.45) is 1.54. The van der Waals surface area contributed by atoms with Gasteiger partial charge in [0.25, 0.3) is 5.91 Å². The van der Waals surface area contributed by atoms with Gasteiger partial charge in [0.05, 0.1) is 15.6 Å². The number of carbonyl (C=O) groups is 1. The number of carbonyl (C=O) groups excluding carboxylic acids is 1. The lowest BCUT2D eigenvalue weighted by Gasteiger charge is -2.09. The summed E-state index contributed by atoms with van der Waals surface area (Å²) >= 11 is 11.9. The van der Waals surface area contributed by atoms with Crippen molar-refractivity contribution < 1.29 is 9.53 Å². The molecular formula is C19H15Cl2N3O2. The van der Waals surface area contributed by atoms with Crippen LogP contribution >= 0.6 is 23.2 Å². The molecule has 1 amide bonds. The number of hydrogen-bond acceptors (Lipinski definition) is 4. The lowest BCUT2D eigenvalue weighted by Crippen LogP contribution is -2.24. The zero-order valence-electron chi connectivity index (χ0n) is 13.6. The Bertz CT molecular complexity index is 930. The Morgan fingerprint density at radius 3 is 2.46 bits per heavy atom. The molecule has 0 aliphatic rings. The molecule has 132 valence electrons. The van der Waals surface area contributed by atoms with E-state index in [2.05, 4.69) is 10.3 Å². The van der Waals surface area contributed by atoms with Crippen molar-refractivity contribution >= 4 is 34.9 Å². The largest absolute Gasteiger partial charge is 0.457 e. The van der Waals surface area contributed by atoms with Crippen LogP contribution in [0, 0.1) is 0 Å². The van der Waals surface area contributed by atoms with Gasteiger partial charge in [0, 0.05) is 18.8 Å². The first kappa shape index (κ1) is 18.0. The van der Waals surface area contributed by atoms with E-state index >= 15 is 0 Å². The van der Waals surface area contributed by atoms with Gasteiger partial charge in [0.15, 0.2) is 0 Å². The summed E-state index contributed by atoms with van der Waals surface area (Å²) in [5, 5.41) is 3.71. The van der Waals surface area contributed by atoms with Gasteiger partial charge in [-0.2, -0.15) is 0 Å². The van der Waals surface area contributed by atoms with Gasteiger partial charge in [-0.25, -0.2) is 4.98 Å². The summed E-state index contributed by atoms with van der Waals surface area (Å²) in [6.45, 7) is 0.361. The fraction of sp³-hybridized carbons (Fsp3) is 0.0526. The van der Waals surface area contributed by atoms with Crippen LogP contribution < -0.4 is 15.8 Å². The van der Waals surface area contributed by atoms with E-state index in [9.17, 15) is 4.79 Å². The fourth-order valence-corrected chi connectivity index (χ4v) is 2.53. The standard InChI is InChI=1S/C19H15Cl2N3O2/c20-16-8-7-14(10-17(16)21)26-13-5-3-12(4-6-13)11-24-19(25)15-2-1-9-23-18(15)22/h1-10H,11H2,(H2,22,23)(H,24,25). The van der Waals surface area contributed by atoms with Crippen LogP contribution in [0.5, 0.6) is 11.5 Å². The number of nitrogens with one attached hydrogen (secondary N) is 1. The van der Waals surface area contributed by atoms with Gasteiger partial charge in [-0.3, -0.25) is 4.79 Å². The van der Waals surface area contributed by atoms with E-state index in [1.54, 1.807) is 36.5 Å². The van der Waals surface area contributed by atoms with Crippen LogP contribution in [-0.4, -0.2) is 10.9 Å². The predicted molar refractivity (Wildman–Crippen MR) is 103 cm³/mol. The Balaban J connectivity index is 1.60. The Hall–Kier alpha value is -2.76. The first-order chi connectivity index (χ1) is 12.5. The summed E-state index contributed by atoms with van der Waals surface area (Å²) < 4.78 is 5.72. The zero-order valence-corrected chi connectivity index (χ0v) is 15.1. The van der Waals surface area contributed by atoms with Crippen LogP contribution in [0.4, 0.5) is 5.82 Å². The predicted octanol–water partition coefficient (Wildman–Crippen LogP) is 4.69. The van der Waals surface area contributed by atoms with Crippen molar-refractivity contribution in [2.45, 2.75) is 6.54 Å². The normalized spacial score (nSPS) is 10.4. The van der Waals surface area contributed by atoms with Gasteiger partial charge < -0.3 is 15.8 Å². The molecule has 0 atom stereocenters. The smallest absolute Gasteiger partial charge is 0.255 e. The van der Waals surface area contributed by atoms with E-state index in [-0.39, 0.29) is 11.7 Å². The highest BCUT2D eigenvalue weighted by atomic mass is 35.5. The number of nitrogen functional groups attached to an aromatic ring is 1. The molecule has 0 saturated heterocycles. The van der Waals surface area contributed by atoms with Gasteiger partial charge in [0.2, 0.25) is 0 Å². The third kappa shape index (κ3) is 4.45. The topological polar surface area (TPSA) is 77.2 Å². The number of nitrogens with zero attached hydrogens (tertiary/aromatic N) is 1. The molecular weight excluding hydrogens is 373 g/mol. The van der Waals surface area contributed by atoms with Crippen LogP contribution in [0.1, 0.15) is 15.9 Å². The van der Waals surface area contributed by atoms with Gasteiger partial charge in [-0.05, 0) is 42.0 Å². The first-order valence-corrected chi connectivity index (χ1v) is 8.49. The fourth-order valence-electron chi connectivity index (χ4n) is 2.24. The number of amides is 1. The maximum atomic E-state index is 12.1. The Morgan fingerprint density at radius 2 is 1.77 bits per heavy atom. The Labute approximate surface area is 160 Å². The van der Waals surface area contributed by atoms with Gasteiger partial charge in [-0.1, -0.05) is 35.3 Å². The lowest BCUT2D eigenvalue weighted by molar-refractivity contribution is 0.0951. The molecule has 1 heterocycles. The number of benzene rings is 2. The second-order valence-electron chi connectivity index (χ2n) is 5.44. The van der Waals surface area contributed by atoms with Gasteiger partial charge in [-0.15, -0.1) is 0 Å².